The second-order valence-electron chi connectivity index (χ2n) is 8.94. The number of nitrogens with zero attached hydrogens (tertiary/aromatic N) is 3. The average Bonchev–Trinajstić information content (AvgIpc) is 3.28. The van der Waals surface area contributed by atoms with Crippen LogP contribution < -0.4 is 15.3 Å². The number of rotatable bonds is 6. The number of carboxylic acid groups (broad SMARTS) is 1. The number of carbonyl (C=O) groups excluding carboxylic acids is 3. The molecule has 9 nitrogen and oxygen atoms in total. The Labute approximate surface area is 212 Å². The predicted octanol–water partition coefficient (Wildman–Crippen LogP) is 4.47. The minimum absolute atomic E-state index is 0.0000459. The Kier molecular flexibility index (Phi) is 7.73. The van der Waals surface area contributed by atoms with E-state index in [1.807, 2.05) is 0 Å². The van der Waals surface area contributed by atoms with E-state index in [1.54, 1.807) is 41.3 Å². The highest BCUT2D eigenvalue weighted by Crippen LogP contribution is 2.31. The Morgan fingerprint density at radius 3 is 2.42 bits per heavy atom. The number of hydrogen-bond donors (Lipinski definition) is 2. The Morgan fingerprint density at radius 2 is 1.78 bits per heavy atom. The van der Waals surface area contributed by atoms with Gasteiger partial charge in [-0.05, 0) is 73.7 Å². The van der Waals surface area contributed by atoms with E-state index in [1.165, 1.54) is 12.1 Å². The molecule has 2 atom stereocenters. The van der Waals surface area contributed by atoms with Crippen molar-refractivity contribution in [3.63, 3.8) is 0 Å². The smallest absolute Gasteiger partial charge is 0.322 e. The summed E-state index contributed by atoms with van der Waals surface area (Å²) < 4.78 is 15.2. The van der Waals surface area contributed by atoms with E-state index in [2.05, 4.69) is 5.32 Å². The second-order valence-corrected chi connectivity index (χ2v) is 9.38. The lowest BCUT2D eigenvalue weighted by Crippen LogP contribution is -2.47. The summed E-state index contributed by atoms with van der Waals surface area (Å²) in [5.41, 5.74) is 1.00. The molecule has 0 aliphatic carbocycles. The molecular weight excluding hydrogens is 491 g/mol. The zero-order chi connectivity index (χ0) is 25.8. The van der Waals surface area contributed by atoms with Crippen molar-refractivity contribution < 1.29 is 28.8 Å². The van der Waals surface area contributed by atoms with Gasteiger partial charge in [-0.2, -0.15) is 0 Å². The number of carboxylic acids is 1. The van der Waals surface area contributed by atoms with Gasteiger partial charge in [0.1, 0.15) is 6.04 Å². The molecule has 2 saturated heterocycles. The van der Waals surface area contributed by atoms with E-state index in [0.717, 1.165) is 17.7 Å². The van der Waals surface area contributed by atoms with Crippen LogP contribution in [-0.4, -0.2) is 53.0 Å². The van der Waals surface area contributed by atoms with Gasteiger partial charge in [0.25, 0.3) is 5.91 Å². The van der Waals surface area contributed by atoms with Crippen LogP contribution in [0.5, 0.6) is 0 Å². The molecule has 2 unspecified atom stereocenters. The Bertz CT molecular complexity index is 1140. The van der Waals surface area contributed by atoms with E-state index >= 15 is 4.48 Å². The molecule has 190 valence electrons. The highest BCUT2D eigenvalue weighted by Gasteiger charge is 2.42. The average molecular weight is 517 g/mol. The SMILES string of the molecule is O=C(O)CC1CC(C(=O)N(F)c2ccc(N3CCCCC3=O)cc2)N(C(=O)Nc2ccc(Cl)cc2)C1. The first kappa shape index (κ1) is 25.4. The molecule has 2 fully saturated rings. The zero-order valence-electron chi connectivity index (χ0n) is 19.4. The molecule has 2 aliphatic rings. The summed E-state index contributed by atoms with van der Waals surface area (Å²) >= 11 is 5.87. The predicted molar refractivity (Wildman–Crippen MR) is 133 cm³/mol. The van der Waals surface area contributed by atoms with Crippen LogP contribution in [0.4, 0.5) is 26.3 Å². The van der Waals surface area contributed by atoms with Crippen LogP contribution >= 0.6 is 11.6 Å². The number of anilines is 3. The third-order valence-electron chi connectivity index (χ3n) is 6.40. The lowest BCUT2D eigenvalue weighted by atomic mass is 10.0. The molecule has 0 bridgehead atoms. The molecule has 2 heterocycles. The molecule has 4 amide bonds. The van der Waals surface area contributed by atoms with Gasteiger partial charge in [0.15, 0.2) is 0 Å². The van der Waals surface area contributed by atoms with Crippen LogP contribution in [0.15, 0.2) is 48.5 Å². The van der Waals surface area contributed by atoms with Crippen molar-refractivity contribution in [2.75, 3.05) is 28.4 Å². The van der Waals surface area contributed by atoms with Gasteiger partial charge in [-0.3, -0.25) is 14.4 Å². The Balaban J connectivity index is 1.49. The molecule has 11 heteroatoms. The Morgan fingerprint density at radius 1 is 1.08 bits per heavy atom. The van der Waals surface area contributed by atoms with Crippen molar-refractivity contribution >= 4 is 52.5 Å². The number of likely N-dealkylation sites (tertiary alicyclic amines) is 1. The van der Waals surface area contributed by atoms with Crippen molar-refractivity contribution in [1.82, 2.24) is 4.90 Å². The number of amides is 4. The van der Waals surface area contributed by atoms with Crippen LogP contribution in [0.25, 0.3) is 0 Å². The number of urea groups is 1. The lowest BCUT2D eigenvalue weighted by Gasteiger charge is -2.28. The normalized spacial score (nSPS) is 19.8. The standard InChI is InChI=1S/C25H26ClFN4O5/c26-17-4-6-18(7-5-17)28-25(36)30-15-16(14-23(33)34)13-21(30)24(35)31(27)20-10-8-19(9-11-20)29-12-2-1-3-22(29)32/h4-11,16,21H,1-3,12-15H2,(H,28,36)(H,33,34). The van der Waals surface area contributed by atoms with Crippen LogP contribution in [0.3, 0.4) is 0 Å². The zero-order valence-corrected chi connectivity index (χ0v) is 20.2. The number of carbonyl (C=O) groups is 4. The fourth-order valence-corrected chi connectivity index (χ4v) is 4.73. The van der Waals surface area contributed by atoms with Gasteiger partial charge in [0.05, 0.1) is 5.69 Å². The quantitative estimate of drug-likeness (QED) is 0.550. The molecule has 0 saturated carbocycles. The van der Waals surface area contributed by atoms with E-state index in [0.29, 0.717) is 29.4 Å². The summed E-state index contributed by atoms with van der Waals surface area (Å²) in [6, 6.07) is 10.5. The fraction of sp³-hybridized carbons (Fsp3) is 0.360. The summed E-state index contributed by atoms with van der Waals surface area (Å²) in [6.45, 7) is 0.577. The van der Waals surface area contributed by atoms with E-state index in [9.17, 15) is 24.3 Å². The fourth-order valence-electron chi connectivity index (χ4n) is 4.61. The van der Waals surface area contributed by atoms with Gasteiger partial charge >= 0.3 is 12.0 Å². The second kappa shape index (κ2) is 10.9. The molecular formula is C25H26ClFN4O5. The minimum Gasteiger partial charge on any atom is -0.481 e. The number of piperidine rings is 1. The molecule has 36 heavy (non-hydrogen) atoms. The summed E-state index contributed by atoms with van der Waals surface area (Å²) in [4.78, 5) is 52.3. The van der Waals surface area contributed by atoms with Crippen molar-refractivity contribution in [1.29, 1.82) is 0 Å². The highest BCUT2D eigenvalue weighted by atomic mass is 35.5. The first-order valence-electron chi connectivity index (χ1n) is 11.7. The van der Waals surface area contributed by atoms with Gasteiger partial charge in [0, 0.05) is 42.3 Å². The van der Waals surface area contributed by atoms with Crippen molar-refractivity contribution in [3.05, 3.63) is 53.6 Å². The van der Waals surface area contributed by atoms with Crippen molar-refractivity contribution in [3.8, 4) is 0 Å². The number of aliphatic carboxylic acids is 1. The lowest BCUT2D eigenvalue weighted by molar-refractivity contribution is -0.138. The largest absolute Gasteiger partial charge is 0.481 e. The number of benzene rings is 2. The number of halogens is 2. The third-order valence-corrected chi connectivity index (χ3v) is 6.65. The number of hydrogen-bond acceptors (Lipinski definition) is 4. The van der Waals surface area contributed by atoms with Gasteiger partial charge in [-0.15, -0.1) is 5.12 Å². The maximum absolute atomic E-state index is 15.2. The summed E-state index contributed by atoms with van der Waals surface area (Å²) in [7, 11) is 0. The topological polar surface area (TPSA) is 110 Å². The molecule has 0 aromatic heterocycles. The van der Waals surface area contributed by atoms with Crippen molar-refractivity contribution in [2.24, 2.45) is 5.92 Å². The summed E-state index contributed by atoms with van der Waals surface area (Å²) in [5, 5.41) is 12.3. The van der Waals surface area contributed by atoms with Crippen molar-refractivity contribution in [2.45, 2.75) is 38.1 Å². The monoisotopic (exact) mass is 516 g/mol. The maximum Gasteiger partial charge on any atom is 0.322 e. The third kappa shape index (κ3) is 5.76. The molecule has 2 N–H and O–H groups in total. The van der Waals surface area contributed by atoms with Gasteiger partial charge in [-0.1, -0.05) is 16.1 Å². The summed E-state index contributed by atoms with van der Waals surface area (Å²) in [6.07, 6.45) is 1.95. The van der Waals surface area contributed by atoms with Gasteiger partial charge < -0.3 is 20.2 Å². The molecule has 2 aliphatic heterocycles. The molecule has 2 aromatic rings. The van der Waals surface area contributed by atoms with E-state index < -0.39 is 29.9 Å². The molecule has 0 spiro atoms. The van der Waals surface area contributed by atoms with Crippen LogP contribution in [0, 0.1) is 5.92 Å². The van der Waals surface area contributed by atoms with E-state index in [-0.39, 0.29) is 36.1 Å². The molecule has 0 radical (unpaired) electrons. The van der Waals surface area contributed by atoms with Crippen LogP contribution in [0.1, 0.15) is 32.1 Å². The number of nitrogens with one attached hydrogen (secondary N) is 1. The molecule has 4 rings (SSSR count). The van der Waals surface area contributed by atoms with E-state index in [4.69, 9.17) is 11.6 Å². The first-order chi connectivity index (χ1) is 17.2. The van der Waals surface area contributed by atoms with Gasteiger partial charge in [-0.25, -0.2) is 4.79 Å². The Hall–Kier alpha value is -3.66. The van der Waals surface area contributed by atoms with Crippen LogP contribution in [-0.2, 0) is 14.4 Å². The highest BCUT2D eigenvalue weighted by molar-refractivity contribution is 6.30. The maximum atomic E-state index is 15.2. The summed E-state index contributed by atoms with van der Waals surface area (Å²) in [5.74, 6) is -2.55. The minimum atomic E-state index is -1.19. The van der Waals surface area contributed by atoms with Crippen LogP contribution in [0.2, 0.25) is 5.02 Å². The first-order valence-corrected chi connectivity index (χ1v) is 12.1. The molecule has 2 aromatic carbocycles. The van der Waals surface area contributed by atoms with Gasteiger partial charge in [0.2, 0.25) is 5.91 Å².